The fourth-order valence-corrected chi connectivity index (χ4v) is 1.57. The van der Waals surface area contributed by atoms with E-state index >= 15 is 0 Å². The molecule has 0 saturated heterocycles. The number of hydrogen-bond acceptors (Lipinski definition) is 4. The molecule has 1 heterocycles. The van der Waals surface area contributed by atoms with Gasteiger partial charge in [0, 0.05) is 13.0 Å². The number of carboxylic acid groups (broad SMARTS) is 1. The van der Waals surface area contributed by atoms with Crippen molar-refractivity contribution in [3.63, 3.8) is 0 Å². The molecule has 6 heteroatoms. The maximum atomic E-state index is 11.8. The molecule has 0 aromatic carbocycles. The van der Waals surface area contributed by atoms with Gasteiger partial charge in [0.2, 0.25) is 0 Å². The number of carboxylic acids is 1. The van der Waals surface area contributed by atoms with E-state index in [0.29, 0.717) is 17.7 Å². The van der Waals surface area contributed by atoms with Crippen LogP contribution < -0.4 is 5.32 Å². The fourth-order valence-electron chi connectivity index (χ4n) is 1.57. The van der Waals surface area contributed by atoms with Gasteiger partial charge in [-0.05, 0) is 13.0 Å². The molecule has 6 nitrogen and oxygen atoms in total. The number of nitrogens with one attached hydrogen (secondary N) is 1. The Kier molecular flexibility index (Phi) is 4.49. The third-order valence-electron chi connectivity index (χ3n) is 2.47. The Morgan fingerprint density at radius 3 is 2.72 bits per heavy atom. The summed E-state index contributed by atoms with van der Waals surface area (Å²) in [6.07, 6.45) is 1.57. The van der Waals surface area contributed by atoms with E-state index in [-0.39, 0.29) is 12.5 Å². The van der Waals surface area contributed by atoms with E-state index in [9.17, 15) is 14.7 Å². The number of hydrogen-bond donors (Lipinski definition) is 3. The first-order valence-corrected chi connectivity index (χ1v) is 5.64. The van der Waals surface area contributed by atoms with Gasteiger partial charge in [-0.3, -0.25) is 9.59 Å². The van der Waals surface area contributed by atoms with Crippen LogP contribution in [0.15, 0.2) is 16.7 Å². The van der Waals surface area contributed by atoms with Crippen molar-refractivity contribution < 1.29 is 24.2 Å². The van der Waals surface area contributed by atoms with E-state index in [1.54, 1.807) is 6.07 Å². The minimum Gasteiger partial charge on any atom is -0.481 e. The number of carbonyl (C=O) groups is 2. The summed E-state index contributed by atoms with van der Waals surface area (Å²) < 4.78 is 5.11. The number of carbonyl (C=O) groups excluding carboxylic acids is 1. The van der Waals surface area contributed by atoms with Gasteiger partial charge in [0.1, 0.15) is 5.76 Å². The summed E-state index contributed by atoms with van der Waals surface area (Å²) in [5.74, 6) is -0.941. The lowest BCUT2D eigenvalue weighted by Crippen LogP contribution is -2.42. The molecule has 0 aliphatic rings. The van der Waals surface area contributed by atoms with Crippen molar-refractivity contribution in [1.82, 2.24) is 5.32 Å². The SMILES string of the molecule is CCc1occc1C(=O)NCC(C)(O)CC(=O)O. The topological polar surface area (TPSA) is 99.8 Å². The van der Waals surface area contributed by atoms with Crippen molar-refractivity contribution in [2.75, 3.05) is 6.54 Å². The van der Waals surface area contributed by atoms with Gasteiger partial charge in [-0.15, -0.1) is 0 Å². The molecule has 0 aliphatic heterocycles. The van der Waals surface area contributed by atoms with E-state index in [2.05, 4.69) is 5.32 Å². The van der Waals surface area contributed by atoms with Crippen LogP contribution in [0.3, 0.4) is 0 Å². The zero-order valence-corrected chi connectivity index (χ0v) is 10.4. The summed E-state index contributed by atoms with van der Waals surface area (Å²) in [7, 11) is 0. The van der Waals surface area contributed by atoms with E-state index < -0.39 is 18.0 Å². The van der Waals surface area contributed by atoms with Gasteiger partial charge in [0.05, 0.1) is 23.8 Å². The second-order valence-corrected chi connectivity index (χ2v) is 4.36. The Labute approximate surface area is 105 Å². The third-order valence-corrected chi connectivity index (χ3v) is 2.47. The molecule has 1 aromatic heterocycles. The Bertz CT molecular complexity index is 435. The molecule has 0 aliphatic carbocycles. The van der Waals surface area contributed by atoms with Crippen molar-refractivity contribution >= 4 is 11.9 Å². The average Bonchev–Trinajstić information content (AvgIpc) is 2.72. The van der Waals surface area contributed by atoms with Gasteiger partial charge < -0.3 is 19.9 Å². The summed E-state index contributed by atoms with van der Waals surface area (Å²) in [5.41, 5.74) is -1.07. The fraction of sp³-hybridized carbons (Fsp3) is 0.500. The van der Waals surface area contributed by atoms with Crippen LogP contribution in [0.2, 0.25) is 0 Å². The van der Waals surface area contributed by atoms with Crippen molar-refractivity contribution in [3.8, 4) is 0 Å². The third kappa shape index (κ3) is 3.89. The zero-order chi connectivity index (χ0) is 13.8. The van der Waals surface area contributed by atoms with Crippen LogP contribution in [-0.4, -0.2) is 34.2 Å². The summed E-state index contributed by atoms with van der Waals surface area (Å²) in [4.78, 5) is 22.3. The summed E-state index contributed by atoms with van der Waals surface area (Å²) in [6.45, 7) is 3.08. The standard InChI is InChI=1S/C12H17NO5/c1-3-9-8(4-5-18-9)11(16)13-7-12(2,17)6-10(14)15/h4-5,17H,3,6-7H2,1-2H3,(H,13,16)(H,14,15). The smallest absolute Gasteiger partial charge is 0.306 e. The second kappa shape index (κ2) is 5.68. The summed E-state index contributed by atoms with van der Waals surface area (Å²) in [5, 5.41) is 20.8. The molecule has 1 amide bonds. The Morgan fingerprint density at radius 1 is 1.50 bits per heavy atom. The minimum atomic E-state index is -1.47. The highest BCUT2D eigenvalue weighted by Gasteiger charge is 2.25. The predicted molar refractivity (Wildman–Crippen MR) is 63.3 cm³/mol. The summed E-state index contributed by atoms with van der Waals surface area (Å²) >= 11 is 0. The minimum absolute atomic E-state index is 0.132. The van der Waals surface area contributed by atoms with Crippen LogP contribution in [-0.2, 0) is 11.2 Å². The number of aliphatic carboxylic acids is 1. The Morgan fingerprint density at radius 2 is 2.17 bits per heavy atom. The molecule has 18 heavy (non-hydrogen) atoms. The molecule has 1 aromatic rings. The predicted octanol–water partition coefficient (Wildman–Crippen LogP) is 0.797. The average molecular weight is 255 g/mol. The molecular formula is C12H17NO5. The number of aryl methyl sites for hydroxylation is 1. The molecule has 100 valence electrons. The first kappa shape index (κ1) is 14.2. The van der Waals surface area contributed by atoms with Gasteiger partial charge in [-0.25, -0.2) is 0 Å². The normalized spacial score (nSPS) is 13.9. The Balaban J connectivity index is 2.59. The monoisotopic (exact) mass is 255 g/mol. The lowest BCUT2D eigenvalue weighted by atomic mass is 10.0. The largest absolute Gasteiger partial charge is 0.481 e. The van der Waals surface area contributed by atoms with Crippen LogP contribution in [0.5, 0.6) is 0 Å². The first-order chi connectivity index (χ1) is 8.35. The molecule has 0 radical (unpaired) electrons. The maximum Gasteiger partial charge on any atom is 0.306 e. The summed E-state index contributed by atoms with van der Waals surface area (Å²) in [6, 6.07) is 1.54. The van der Waals surface area contributed by atoms with E-state index in [1.807, 2.05) is 6.92 Å². The van der Waals surface area contributed by atoms with Crippen molar-refractivity contribution in [3.05, 3.63) is 23.7 Å². The Hall–Kier alpha value is -1.82. The highest BCUT2D eigenvalue weighted by atomic mass is 16.4. The van der Waals surface area contributed by atoms with Gasteiger partial charge in [0.25, 0.3) is 5.91 Å². The molecule has 3 N–H and O–H groups in total. The number of rotatable bonds is 6. The van der Waals surface area contributed by atoms with Crippen LogP contribution in [0.4, 0.5) is 0 Å². The number of furan rings is 1. The second-order valence-electron chi connectivity index (χ2n) is 4.36. The van der Waals surface area contributed by atoms with Crippen LogP contribution >= 0.6 is 0 Å². The number of amides is 1. The van der Waals surface area contributed by atoms with Gasteiger partial charge in [-0.2, -0.15) is 0 Å². The highest BCUT2D eigenvalue weighted by molar-refractivity contribution is 5.95. The maximum absolute atomic E-state index is 11.8. The van der Waals surface area contributed by atoms with Crippen LogP contribution in [0.25, 0.3) is 0 Å². The van der Waals surface area contributed by atoms with Gasteiger partial charge >= 0.3 is 5.97 Å². The zero-order valence-electron chi connectivity index (χ0n) is 10.4. The van der Waals surface area contributed by atoms with Crippen LogP contribution in [0, 0.1) is 0 Å². The lowest BCUT2D eigenvalue weighted by molar-refractivity contribution is -0.141. The van der Waals surface area contributed by atoms with Crippen molar-refractivity contribution in [2.24, 2.45) is 0 Å². The van der Waals surface area contributed by atoms with E-state index in [4.69, 9.17) is 9.52 Å². The van der Waals surface area contributed by atoms with E-state index in [1.165, 1.54) is 13.2 Å². The molecule has 0 bridgehead atoms. The molecule has 1 unspecified atom stereocenters. The molecule has 1 atom stereocenters. The molecular weight excluding hydrogens is 238 g/mol. The van der Waals surface area contributed by atoms with Crippen molar-refractivity contribution in [1.29, 1.82) is 0 Å². The molecule has 0 fully saturated rings. The van der Waals surface area contributed by atoms with E-state index in [0.717, 1.165) is 0 Å². The lowest BCUT2D eigenvalue weighted by Gasteiger charge is -2.21. The van der Waals surface area contributed by atoms with Gasteiger partial charge in [-0.1, -0.05) is 6.92 Å². The molecule has 1 rings (SSSR count). The first-order valence-electron chi connectivity index (χ1n) is 5.64. The highest BCUT2D eigenvalue weighted by Crippen LogP contribution is 2.12. The van der Waals surface area contributed by atoms with Gasteiger partial charge in [0.15, 0.2) is 0 Å². The quantitative estimate of drug-likeness (QED) is 0.698. The molecule has 0 saturated carbocycles. The molecule has 0 spiro atoms. The van der Waals surface area contributed by atoms with Crippen LogP contribution in [0.1, 0.15) is 36.4 Å². The number of aliphatic hydroxyl groups is 1. The van der Waals surface area contributed by atoms with Crippen molar-refractivity contribution in [2.45, 2.75) is 32.3 Å².